The Labute approximate surface area is 98.4 Å². The summed E-state index contributed by atoms with van der Waals surface area (Å²) in [5.74, 6) is -0.897. The van der Waals surface area contributed by atoms with Crippen molar-refractivity contribution in [3.8, 4) is 0 Å². The highest BCUT2D eigenvalue weighted by molar-refractivity contribution is 6.31. The van der Waals surface area contributed by atoms with Gasteiger partial charge in [-0.05, 0) is 11.6 Å². The molecule has 0 saturated carbocycles. The van der Waals surface area contributed by atoms with E-state index in [0.717, 1.165) is 6.29 Å². The van der Waals surface area contributed by atoms with E-state index in [2.05, 4.69) is 0 Å². The van der Waals surface area contributed by atoms with E-state index in [1.165, 1.54) is 0 Å². The van der Waals surface area contributed by atoms with E-state index < -0.39 is 16.8 Å². The zero-order chi connectivity index (χ0) is 12.1. The third-order valence-electron chi connectivity index (χ3n) is 2.50. The largest absolute Gasteiger partial charge is 0.303 e. The Morgan fingerprint density at radius 2 is 2.12 bits per heavy atom. The van der Waals surface area contributed by atoms with Gasteiger partial charge in [-0.1, -0.05) is 36.7 Å². The van der Waals surface area contributed by atoms with Gasteiger partial charge in [0.2, 0.25) is 6.54 Å². The molecule has 0 aromatic heterocycles. The maximum Gasteiger partial charge on any atom is 0.211 e. The van der Waals surface area contributed by atoms with Crippen molar-refractivity contribution in [2.75, 3.05) is 6.54 Å². The first-order valence-electron chi connectivity index (χ1n) is 4.87. The summed E-state index contributed by atoms with van der Waals surface area (Å²) in [5.41, 5.74) is 0.653. The van der Waals surface area contributed by atoms with Gasteiger partial charge in [0.15, 0.2) is 0 Å². The van der Waals surface area contributed by atoms with Crippen LogP contribution in [-0.2, 0) is 4.79 Å². The van der Waals surface area contributed by atoms with E-state index in [1.807, 2.05) is 0 Å². The molecule has 1 aromatic rings. The Balaban J connectivity index is 3.05. The minimum Gasteiger partial charge on any atom is -0.303 e. The number of hydrogen-bond donors (Lipinski definition) is 0. The minimum atomic E-state index is -0.471. The number of carbonyl (C=O) groups excluding carboxylic acids is 1. The van der Waals surface area contributed by atoms with Gasteiger partial charge in [-0.3, -0.25) is 10.1 Å². The standard InChI is InChI=1S/C11H12ClNO3/c1-8(7-14)10(6-13(15)16)9-4-2-3-5-11(9)12/h2-5,7-8,10H,6H2,1H3/t8-,10+/m0/s1. The molecule has 0 aliphatic heterocycles. The molecule has 1 rings (SSSR count). The van der Waals surface area contributed by atoms with Gasteiger partial charge in [-0.25, -0.2) is 0 Å². The molecule has 1 aromatic carbocycles. The van der Waals surface area contributed by atoms with Crippen molar-refractivity contribution in [1.29, 1.82) is 0 Å². The molecule has 16 heavy (non-hydrogen) atoms. The van der Waals surface area contributed by atoms with Crippen LogP contribution in [0.5, 0.6) is 0 Å². The molecule has 0 amide bonds. The first-order chi connectivity index (χ1) is 7.56. The fraction of sp³-hybridized carbons (Fsp3) is 0.364. The monoisotopic (exact) mass is 241 g/mol. The maximum absolute atomic E-state index is 10.7. The molecule has 0 fully saturated rings. The topological polar surface area (TPSA) is 60.2 Å². The molecule has 0 aliphatic carbocycles. The molecule has 0 N–H and O–H groups in total. The Morgan fingerprint density at radius 1 is 1.50 bits per heavy atom. The summed E-state index contributed by atoms with van der Waals surface area (Å²) in [6.45, 7) is 1.37. The number of benzene rings is 1. The number of aldehydes is 1. The van der Waals surface area contributed by atoms with Crippen LogP contribution >= 0.6 is 11.6 Å². The quantitative estimate of drug-likeness (QED) is 0.452. The summed E-state index contributed by atoms with van der Waals surface area (Å²) in [7, 11) is 0. The van der Waals surface area contributed by atoms with Crippen molar-refractivity contribution < 1.29 is 9.72 Å². The lowest BCUT2D eigenvalue weighted by Crippen LogP contribution is -2.20. The second-order valence-corrected chi connectivity index (χ2v) is 4.05. The molecule has 0 bridgehead atoms. The van der Waals surface area contributed by atoms with Gasteiger partial charge in [0.1, 0.15) is 6.29 Å². The summed E-state index contributed by atoms with van der Waals surface area (Å²) in [5, 5.41) is 11.0. The molecule has 0 radical (unpaired) electrons. The summed E-state index contributed by atoms with van der Waals surface area (Å²) in [6.07, 6.45) is 0.720. The van der Waals surface area contributed by atoms with Crippen LogP contribution in [0.2, 0.25) is 5.02 Å². The number of halogens is 1. The Morgan fingerprint density at radius 3 is 2.62 bits per heavy atom. The number of nitro groups is 1. The van der Waals surface area contributed by atoms with Crippen LogP contribution in [0.25, 0.3) is 0 Å². The number of nitrogens with zero attached hydrogens (tertiary/aromatic N) is 1. The summed E-state index contributed by atoms with van der Waals surface area (Å²) >= 11 is 5.96. The molecule has 0 saturated heterocycles. The molecule has 0 heterocycles. The van der Waals surface area contributed by atoms with Crippen LogP contribution in [0, 0.1) is 16.0 Å². The molecular formula is C11H12ClNO3. The predicted molar refractivity (Wildman–Crippen MR) is 61.3 cm³/mol. The van der Waals surface area contributed by atoms with Crippen molar-refractivity contribution in [2.45, 2.75) is 12.8 Å². The average molecular weight is 242 g/mol. The summed E-state index contributed by atoms with van der Waals surface area (Å²) in [6, 6.07) is 6.89. The summed E-state index contributed by atoms with van der Waals surface area (Å²) < 4.78 is 0. The highest BCUT2D eigenvalue weighted by Gasteiger charge is 2.25. The molecule has 0 spiro atoms. The zero-order valence-corrected chi connectivity index (χ0v) is 9.55. The van der Waals surface area contributed by atoms with Crippen molar-refractivity contribution in [3.05, 3.63) is 45.0 Å². The Bertz CT molecular complexity index is 395. The minimum absolute atomic E-state index is 0.288. The molecule has 5 heteroatoms. The fourth-order valence-corrected chi connectivity index (χ4v) is 1.85. The van der Waals surface area contributed by atoms with Gasteiger partial charge >= 0.3 is 0 Å². The maximum atomic E-state index is 10.7. The van der Waals surface area contributed by atoms with Crippen LogP contribution in [0.3, 0.4) is 0 Å². The number of hydrogen-bond acceptors (Lipinski definition) is 3. The summed E-state index contributed by atoms with van der Waals surface area (Å²) in [4.78, 5) is 20.9. The SMILES string of the molecule is C[C@@H](C=O)[C@@H](C[N+](=O)[O-])c1ccccc1Cl. The van der Waals surface area contributed by atoms with Crippen molar-refractivity contribution in [2.24, 2.45) is 5.92 Å². The lowest BCUT2D eigenvalue weighted by molar-refractivity contribution is -0.484. The van der Waals surface area contributed by atoms with E-state index in [4.69, 9.17) is 11.6 Å². The fourth-order valence-electron chi connectivity index (χ4n) is 1.58. The van der Waals surface area contributed by atoms with E-state index in [-0.39, 0.29) is 6.54 Å². The normalized spacial score (nSPS) is 14.1. The zero-order valence-electron chi connectivity index (χ0n) is 8.80. The molecule has 2 atom stereocenters. The molecular weight excluding hydrogens is 230 g/mol. The van der Waals surface area contributed by atoms with Crippen LogP contribution in [-0.4, -0.2) is 17.8 Å². The van der Waals surface area contributed by atoms with Crippen molar-refractivity contribution in [1.82, 2.24) is 0 Å². The first-order valence-corrected chi connectivity index (χ1v) is 5.25. The van der Waals surface area contributed by atoms with Gasteiger partial charge in [-0.2, -0.15) is 0 Å². The third kappa shape index (κ3) is 3.03. The van der Waals surface area contributed by atoms with E-state index in [9.17, 15) is 14.9 Å². The van der Waals surface area contributed by atoms with Gasteiger partial charge in [0.25, 0.3) is 0 Å². The van der Waals surface area contributed by atoms with E-state index in [0.29, 0.717) is 10.6 Å². The number of rotatable bonds is 5. The number of carbonyl (C=O) groups is 1. The van der Waals surface area contributed by atoms with Gasteiger partial charge in [0.05, 0.1) is 5.92 Å². The average Bonchev–Trinajstić information content (AvgIpc) is 2.26. The highest BCUT2D eigenvalue weighted by Crippen LogP contribution is 2.29. The first kappa shape index (κ1) is 12.6. The smallest absolute Gasteiger partial charge is 0.211 e. The lowest BCUT2D eigenvalue weighted by Gasteiger charge is -2.17. The molecule has 0 unspecified atom stereocenters. The highest BCUT2D eigenvalue weighted by atomic mass is 35.5. The Kier molecular flexibility index (Phi) is 4.43. The second kappa shape index (κ2) is 5.61. The van der Waals surface area contributed by atoms with Crippen LogP contribution < -0.4 is 0 Å². The third-order valence-corrected chi connectivity index (χ3v) is 2.84. The molecule has 0 aliphatic rings. The van der Waals surface area contributed by atoms with E-state index in [1.54, 1.807) is 31.2 Å². The van der Waals surface area contributed by atoms with Gasteiger partial charge in [0, 0.05) is 15.9 Å². The van der Waals surface area contributed by atoms with Crippen molar-refractivity contribution in [3.63, 3.8) is 0 Å². The van der Waals surface area contributed by atoms with Gasteiger partial charge in [-0.15, -0.1) is 0 Å². The lowest BCUT2D eigenvalue weighted by atomic mass is 9.88. The second-order valence-electron chi connectivity index (χ2n) is 3.64. The predicted octanol–water partition coefficient (Wildman–Crippen LogP) is 2.54. The Hall–Kier alpha value is -1.42. The molecule has 86 valence electrons. The van der Waals surface area contributed by atoms with Crippen molar-refractivity contribution >= 4 is 17.9 Å². The van der Waals surface area contributed by atoms with Gasteiger partial charge < -0.3 is 4.79 Å². The van der Waals surface area contributed by atoms with Crippen LogP contribution in [0.1, 0.15) is 18.4 Å². The molecule has 4 nitrogen and oxygen atoms in total. The van der Waals surface area contributed by atoms with Crippen LogP contribution in [0.15, 0.2) is 24.3 Å². The van der Waals surface area contributed by atoms with Crippen LogP contribution in [0.4, 0.5) is 0 Å². The van der Waals surface area contributed by atoms with E-state index >= 15 is 0 Å².